The molecule has 0 radical (unpaired) electrons. The van der Waals surface area contributed by atoms with Crippen molar-refractivity contribution in [2.75, 3.05) is 19.7 Å². The fraction of sp³-hybridized carbons (Fsp3) is 0.400. The van der Waals surface area contributed by atoms with Gasteiger partial charge in [0.1, 0.15) is 6.61 Å². The smallest absolute Gasteiger partial charge is 0.165 e. The molecule has 2 aromatic rings. The van der Waals surface area contributed by atoms with Crippen LogP contribution in [0.5, 0.6) is 11.5 Å². The molecule has 4 nitrogen and oxygen atoms in total. The van der Waals surface area contributed by atoms with Gasteiger partial charge in [0.2, 0.25) is 0 Å². The normalized spacial score (nSPS) is 16.1. The van der Waals surface area contributed by atoms with Gasteiger partial charge in [-0.2, -0.15) is 0 Å². The van der Waals surface area contributed by atoms with Gasteiger partial charge in [0.25, 0.3) is 0 Å². The number of phenols is 1. The zero-order valence-electron chi connectivity index (χ0n) is 14.3. The molecule has 1 aliphatic heterocycles. The molecule has 0 saturated carbocycles. The predicted molar refractivity (Wildman–Crippen MR) is 95.3 cm³/mol. The Morgan fingerprint density at radius 1 is 1.25 bits per heavy atom. The number of aryl methyl sites for hydroxylation is 1. The lowest BCUT2D eigenvalue weighted by atomic mass is 9.98. The number of ether oxygens (including phenoxy) is 1. The van der Waals surface area contributed by atoms with Gasteiger partial charge in [0.15, 0.2) is 11.5 Å². The van der Waals surface area contributed by atoms with E-state index in [0.29, 0.717) is 25.4 Å². The topological polar surface area (TPSA) is 52.9 Å². The number of aromatic hydroxyl groups is 1. The van der Waals surface area contributed by atoms with Crippen LogP contribution in [-0.2, 0) is 6.54 Å². The lowest BCUT2D eigenvalue weighted by Gasteiger charge is -2.22. The molecular formula is C20H25NO3. The van der Waals surface area contributed by atoms with Crippen LogP contribution in [-0.4, -0.2) is 40.9 Å². The van der Waals surface area contributed by atoms with E-state index in [0.717, 1.165) is 29.7 Å². The number of hydrogen-bond donors (Lipinski definition) is 2. The molecule has 0 bridgehead atoms. The van der Waals surface area contributed by atoms with E-state index in [1.807, 2.05) is 19.1 Å². The molecule has 0 unspecified atom stereocenters. The Hall–Kier alpha value is -2.04. The number of aliphatic hydroxyl groups is 1. The van der Waals surface area contributed by atoms with Crippen LogP contribution in [0.3, 0.4) is 0 Å². The van der Waals surface area contributed by atoms with E-state index in [2.05, 4.69) is 30.0 Å². The maximum absolute atomic E-state index is 10.4. The highest BCUT2D eigenvalue weighted by Gasteiger charge is 2.21. The van der Waals surface area contributed by atoms with E-state index in [-0.39, 0.29) is 11.9 Å². The molecule has 2 N–H and O–H groups in total. The summed E-state index contributed by atoms with van der Waals surface area (Å²) in [7, 11) is 0. The van der Waals surface area contributed by atoms with E-state index >= 15 is 0 Å². The van der Waals surface area contributed by atoms with E-state index in [1.165, 1.54) is 5.56 Å². The first kappa shape index (κ1) is 16.8. The highest BCUT2D eigenvalue weighted by Crippen LogP contribution is 2.38. The summed E-state index contributed by atoms with van der Waals surface area (Å²) >= 11 is 0. The van der Waals surface area contributed by atoms with Crippen LogP contribution < -0.4 is 4.74 Å². The molecule has 4 heteroatoms. The summed E-state index contributed by atoms with van der Waals surface area (Å²) in [6, 6.07) is 12.0. The molecular weight excluding hydrogens is 302 g/mol. The van der Waals surface area contributed by atoms with Crippen molar-refractivity contribution >= 4 is 0 Å². The van der Waals surface area contributed by atoms with Crippen LogP contribution in [0.15, 0.2) is 36.4 Å². The van der Waals surface area contributed by atoms with Crippen molar-refractivity contribution in [2.45, 2.75) is 32.9 Å². The first-order chi connectivity index (χ1) is 11.6. The average molecular weight is 327 g/mol. The van der Waals surface area contributed by atoms with Gasteiger partial charge in [-0.15, -0.1) is 0 Å². The fourth-order valence-electron chi connectivity index (χ4n) is 3.19. The third-order valence-electron chi connectivity index (χ3n) is 4.59. The number of rotatable bonds is 4. The first-order valence-electron chi connectivity index (χ1n) is 8.53. The fourth-order valence-corrected chi connectivity index (χ4v) is 3.19. The van der Waals surface area contributed by atoms with Crippen molar-refractivity contribution in [1.29, 1.82) is 0 Å². The lowest BCUT2D eigenvalue weighted by molar-refractivity contribution is 0.101. The third-order valence-corrected chi connectivity index (χ3v) is 4.59. The monoisotopic (exact) mass is 327 g/mol. The largest absolute Gasteiger partial charge is 0.504 e. The molecule has 0 fully saturated rings. The molecule has 1 heterocycles. The summed E-state index contributed by atoms with van der Waals surface area (Å²) in [5.74, 6) is 0.754. The minimum absolute atomic E-state index is 0.184. The van der Waals surface area contributed by atoms with Crippen molar-refractivity contribution in [3.8, 4) is 22.6 Å². The van der Waals surface area contributed by atoms with Gasteiger partial charge in [-0.25, -0.2) is 0 Å². The summed E-state index contributed by atoms with van der Waals surface area (Å²) in [4.78, 5) is 2.18. The molecule has 2 aromatic carbocycles. The molecule has 0 aliphatic carbocycles. The predicted octanol–water partition coefficient (Wildman–Crippen LogP) is 3.33. The van der Waals surface area contributed by atoms with Gasteiger partial charge in [-0.1, -0.05) is 31.2 Å². The quantitative estimate of drug-likeness (QED) is 0.904. The molecule has 0 aromatic heterocycles. The Balaban J connectivity index is 1.95. The Bertz CT molecular complexity index is 714. The molecule has 128 valence electrons. The molecule has 1 aliphatic rings. The maximum Gasteiger partial charge on any atom is 0.165 e. The van der Waals surface area contributed by atoms with Crippen LogP contribution in [0.25, 0.3) is 11.1 Å². The number of fused-ring (bicyclic) bond motifs is 1. The molecule has 24 heavy (non-hydrogen) atoms. The second kappa shape index (κ2) is 7.24. The Morgan fingerprint density at radius 2 is 2.04 bits per heavy atom. The second-order valence-corrected chi connectivity index (χ2v) is 6.44. The van der Waals surface area contributed by atoms with Gasteiger partial charge in [-0.05, 0) is 42.2 Å². The number of nitrogens with zero attached hydrogens (tertiary/aromatic N) is 1. The standard InChI is InChI=1S/C20H25NO3/c1-3-17(22)13-21-8-9-24-20-16(12-21)10-15(11-19(20)23)18-7-5-4-6-14(18)2/h4-7,10-11,17,22-23H,3,8-9,12-13H2,1-2H3/t17-/m0/s1. The number of benzene rings is 2. The molecule has 0 amide bonds. The van der Waals surface area contributed by atoms with Crippen LogP contribution in [0.1, 0.15) is 24.5 Å². The third kappa shape index (κ3) is 3.55. The van der Waals surface area contributed by atoms with Crippen LogP contribution in [0, 0.1) is 6.92 Å². The Labute approximate surface area is 143 Å². The molecule has 0 spiro atoms. The highest BCUT2D eigenvalue weighted by atomic mass is 16.5. The summed E-state index contributed by atoms with van der Waals surface area (Å²) < 4.78 is 5.77. The highest BCUT2D eigenvalue weighted by molar-refractivity contribution is 5.71. The average Bonchev–Trinajstić information content (AvgIpc) is 2.77. The van der Waals surface area contributed by atoms with Crippen molar-refractivity contribution in [3.63, 3.8) is 0 Å². The summed E-state index contributed by atoms with van der Waals surface area (Å²) in [6.07, 6.45) is 0.401. The Kier molecular flexibility index (Phi) is 5.07. The Morgan fingerprint density at radius 3 is 2.79 bits per heavy atom. The summed E-state index contributed by atoms with van der Waals surface area (Å²) in [5, 5.41) is 20.4. The first-order valence-corrected chi connectivity index (χ1v) is 8.53. The van der Waals surface area contributed by atoms with Crippen molar-refractivity contribution in [3.05, 3.63) is 47.5 Å². The van der Waals surface area contributed by atoms with Crippen molar-refractivity contribution in [1.82, 2.24) is 4.90 Å². The van der Waals surface area contributed by atoms with Gasteiger partial charge in [-0.3, -0.25) is 4.90 Å². The van der Waals surface area contributed by atoms with Gasteiger partial charge >= 0.3 is 0 Å². The van der Waals surface area contributed by atoms with E-state index in [1.54, 1.807) is 6.07 Å². The maximum atomic E-state index is 10.4. The van der Waals surface area contributed by atoms with E-state index in [4.69, 9.17) is 4.74 Å². The molecule has 0 saturated heterocycles. The van der Waals surface area contributed by atoms with Crippen LogP contribution >= 0.6 is 0 Å². The summed E-state index contributed by atoms with van der Waals surface area (Å²) in [6.45, 7) is 6.59. The number of hydrogen-bond acceptors (Lipinski definition) is 4. The van der Waals surface area contributed by atoms with Gasteiger partial charge in [0.05, 0.1) is 6.10 Å². The van der Waals surface area contributed by atoms with Crippen LogP contribution in [0.4, 0.5) is 0 Å². The zero-order chi connectivity index (χ0) is 17.1. The second-order valence-electron chi connectivity index (χ2n) is 6.44. The lowest BCUT2D eigenvalue weighted by Crippen LogP contribution is -2.33. The van der Waals surface area contributed by atoms with Gasteiger partial charge in [0, 0.05) is 25.2 Å². The van der Waals surface area contributed by atoms with Crippen LogP contribution in [0.2, 0.25) is 0 Å². The number of phenolic OH excluding ortho intramolecular Hbond substituents is 1. The number of aliphatic hydroxyl groups excluding tert-OH is 1. The minimum Gasteiger partial charge on any atom is -0.504 e. The van der Waals surface area contributed by atoms with E-state index < -0.39 is 0 Å². The molecule has 3 rings (SSSR count). The minimum atomic E-state index is -0.334. The van der Waals surface area contributed by atoms with Gasteiger partial charge < -0.3 is 14.9 Å². The zero-order valence-corrected chi connectivity index (χ0v) is 14.3. The van der Waals surface area contributed by atoms with Crippen molar-refractivity contribution < 1.29 is 14.9 Å². The van der Waals surface area contributed by atoms with E-state index in [9.17, 15) is 10.2 Å². The number of β-amino-alcohol motifs (C(OH)–C–C–N with tert-alkyl or cyclic N) is 1. The summed E-state index contributed by atoms with van der Waals surface area (Å²) in [5.41, 5.74) is 4.24. The van der Waals surface area contributed by atoms with Crippen molar-refractivity contribution in [2.24, 2.45) is 0 Å². The SMILES string of the molecule is CC[C@H](O)CN1CCOc2c(O)cc(-c3ccccc3C)cc2C1. The molecule has 1 atom stereocenters.